The molecule has 1 fully saturated rings. The first-order valence-corrected chi connectivity index (χ1v) is 12.5. The highest BCUT2D eigenvalue weighted by molar-refractivity contribution is 7.19. The van der Waals surface area contributed by atoms with Gasteiger partial charge in [-0.1, -0.05) is 24.3 Å². The van der Waals surface area contributed by atoms with Gasteiger partial charge in [-0.25, -0.2) is 25.4 Å². The average molecular weight is 522 g/mol. The molecule has 0 radical (unpaired) electrons. The number of nitrogens with one attached hydrogen (secondary N) is 1. The molecule has 0 spiro atoms. The Kier molecular flexibility index (Phi) is 7.51. The molecule has 1 aromatic carbocycles. The number of carbonyl (C=O) groups is 1. The molecule has 12 heteroatoms. The monoisotopic (exact) mass is 521 g/mol. The molecule has 1 aliphatic rings. The molecule has 1 aliphatic heterocycles. The summed E-state index contributed by atoms with van der Waals surface area (Å²) in [7, 11) is 3.57. The zero-order valence-electron chi connectivity index (χ0n) is 20.5. The first-order valence-electron chi connectivity index (χ1n) is 11.7. The van der Waals surface area contributed by atoms with E-state index in [0.29, 0.717) is 38.2 Å². The van der Waals surface area contributed by atoms with Gasteiger partial charge in [-0.3, -0.25) is 10.0 Å². The number of methoxy groups -OCH3 is 1. The van der Waals surface area contributed by atoms with Gasteiger partial charge >= 0.3 is 0 Å². The second-order valence-corrected chi connectivity index (χ2v) is 9.85. The van der Waals surface area contributed by atoms with E-state index in [1.807, 2.05) is 30.3 Å². The number of anilines is 2. The lowest BCUT2D eigenvalue weighted by molar-refractivity contribution is 0.0391. The quantitative estimate of drug-likeness (QED) is 0.264. The van der Waals surface area contributed by atoms with E-state index in [1.54, 1.807) is 23.9 Å². The van der Waals surface area contributed by atoms with Gasteiger partial charge in [0.25, 0.3) is 5.91 Å². The Morgan fingerprint density at radius 3 is 2.89 bits per heavy atom. The van der Waals surface area contributed by atoms with E-state index < -0.39 is 5.91 Å². The van der Waals surface area contributed by atoms with Crippen LogP contribution < -0.4 is 15.3 Å². The van der Waals surface area contributed by atoms with Gasteiger partial charge in [0.2, 0.25) is 11.9 Å². The van der Waals surface area contributed by atoms with Crippen molar-refractivity contribution in [3.8, 4) is 0 Å². The summed E-state index contributed by atoms with van der Waals surface area (Å²) in [5.74, 6) is 0.500. The number of hydrogen-bond donors (Lipinski definition) is 2. The fourth-order valence-electron chi connectivity index (χ4n) is 4.20. The fourth-order valence-corrected chi connectivity index (χ4v) is 5.22. The van der Waals surface area contributed by atoms with Crippen LogP contribution >= 0.6 is 11.3 Å². The molecule has 1 atom stereocenters. The molecule has 0 bridgehead atoms. The lowest BCUT2D eigenvalue weighted by Crippen LogP contribution is -2.39. The minimum Gasteiger partial charge on any atom is -0.380 e. The Morgan fingerprint density at radius 1 is 1.27 bits per heavy atom. The summed E-state index contributed by atoms with van der Waals surface area (Å²) in [5, 5.41) is 8.74. The molecule has 11 nitrogen and oxygen atoms in total. The molecule has 4 aromatic rings. The Balaban J connectivity index is 1.28. The van der Waals surface area contributed by atoms with Crippen LogP contribution in [0.1, 0.15) is 32.5 Å². The molecule has 0 aliphatic carbocycles. The second-order valence-electron chi connectivity index (χ2n) is 8.68. The van der Waals surface area contributed by atoms with Crippen molar-refractivity contribution < 1.29 is 19.5 Å². The third kappa shape index (κ3) is 5.67. The van der Waals surface area contributed by atoms with Crippen LogP contribution in [0.2, 0.25) is 0 Å². The standard InChI is InChI=1S/C25H27N7O4S/c1-31(24-26-10-18(11-27-24)23(33)30-34)13-19-9-20-22(37-19)12-28-25(29-20)32-6-7-36-21(14-32)17-5-3-4-16(8-17)15-35-2/h3-5,8-12,21,34H,6-7,13-15H2,1-2H3,(H,30,33). The van der Waals surface area contributed by atoms with Gasteiger partial charge in [0.05, 0.1) is 48.3 Å². The lowest BCUT2D eigenvalue weighted by Gasteiger charge is -2.33. The van der Waals surface area contributed by atoms with Gasteiger partial charge in [-0.05, 0) is 17.2 Å². The minimum absolute atomic E-state index is 0.0635. The number of hydrogen-bond acceptors (Lipinski definition) is 11. The zero-order chi connectivity index (χ0) is 25.8. The number of rotatable bonds is 8. The van der Waals surface area contributed by atoms with Crippen molar-refractivity contribution in [3.63, 3.8) is 0 Å². The number of aromatic nitrogens is 4. The predicted octanol–water partition coefficient (Wildman–Crippen LogP) is 2.96. The average Bonchev–Trinajstić information content (AvgIpc) is 3.34. The topological polar surface area (TPSA) is 126 Å². The van der Waals surface area contributed by atoms with Crippen LogP contribution in [-0.4, -0.2) is 64.9 Å². The molecular formula is C25H27N7O4S. The molecular weight excluding hydrogens is 494 g/mol. The molecule has 4 heterocycles. The first-order chi connectivity index (χ1) is 18.0. The number of hydroxylamine groups is 1. The molecule has 0 saturated carbocycles. The molecule has 5 rings (SSSR count). The predicted molar refractivity (Wildman–Crippen MR) is 139 cm³/mol. The summed E-state index contributed by atoms with van der Waals surface area (Å²) in [6, 6.07) is 10.3. The summed E-state index contributed by atoms with van der Waals surface area (Å²) in [5.41, 5.74) is 4.87. The number of nitrogens with zero attached hydrogens (tertiary/aromatic N) is 6. The van der Waals surface area contributed by atoms with E-state index in [0.717, 1.165) is 32.8 Å². The van der Waals surface area contributed by atoms with Crippen LogP contribution in [0.15, 0.2) is 48.9 Å². The van der Waals surface area contributed by atoms with Gasteiger partial charge in [-0.15, -0.1) is 11.3 Å². The van der Waals surface area contributed by atoms with E-state index >= 15 is 0 Å². The summed E-state index contributed by atoms with van der Waals surface area (Å²) in [4.78, 5) is 34.5. The molecule has 2 N–H and O–H groups in total. The molecule has 3 aromatic heterocycles. The van der Waals surface area contributed by atoms with Gasteiger partial charge in [-0.2, -0.15) is 0 Å². The molecule has 192 valence electrons. The second kappa shape index (κ2) is 11.1. The lowest BCUT2D eigenvalue weighted by atomic mass is 10.0. The minimum atomic E-state index is -0.653. The number of carbonyl (C=O) groups excluding carboxylic acids is 1. The van der Waals surface area contributed by atoms with Gasteiger partial charge < -0.3 is 19.3 Å². The maximum atomic E-state index is 11.5. The van der Waals surface area contributed by atoms with Crippen molar-refractivity contribution in [2.75, 3.05) is 43.7 Å². The normalized spacial score (nSPS) is 15.6. The van der Waals surface area contributed by atoms with E-state index in [9.17, 15) is 4.79 Å². The molecule has 1 unspecified atom stereocenters. The highest BCUT2D eigenvalue weighted by Gasteiger charge is 2.24. The van der Waals surface area contributed by atoms with Crippen LogP contribution in [0, 0.1) is 0 Å². The van der Waals surface area contributed by atoms with E-state index in [4.69, 9.17) is 19.7 Å². The maximum Gasteiger partial charge on any atom is 0.277 e. The summed E-state index contributed by atoms with van der Waals surface area (Å²) >= 11 is 1.62. The highest BCUT2D eigenvalue weighted by Crippen LogP contribution is 2.29. The van der Waals surface area contributed by atoms with Crippen LogP contribution in [0.5, 0.6) is 0 Å². The zero-order valence-corrected chi connectivity index (χ0v) is 21.3. The number of morpholine rings is 1. The number of ether oxygens (including phenoxy) is 2. The van der Waals surface area contributed by atoms with Gasteiger partial charge in [0.15, 0.2) is 0 Å². The van der Waals surface area contributed by atoms with Gasteiger partial charge in [0, 0.05) is 38.0 Å². The molecule has 37 heavy (non-hydrogen) atoms. The van der Waals surface area contributed by atoms with Gasteiger partial charge in [0.1, 0.15) is 6.10 Å². The summed E-state index contributed by atoms with van der Waals surface area (Å²) < 4.78 is 12.3. The fraction of sp³-hybridized carbons (Fsp3) is 0.320. The summed E-state index contributed by atoms with van der Waals surface area (Å²) in [6.45, 7) is 3.13. The third-order valence-corrected chi connectivity index (χ3v) is 7.07. The molecule has 1 saturated heterocycles. The number of fused-ring (bicyclic) bond motifs is 1. The number of thiophene rings is 1. The van der Waals surface area contributed by atoms with Crippen LogP contribution in [0.3, 0.4) is 0 Å². The highest BCUT2D eigenvalue weighted by atomic mass is 32.1. The smallest absolute Gasteiger partial charge is 0.277 e. The van der Waals surface area contributed by atoms with Crippen LogP contribution in [-0.2, 0) is 22.6 Å². The van der Waals surface area contributed by atoms with Crippen molar-refractivity contribution in [1.29, 1.82) is 0 Å². The first kappa shape index (κ1) is 25.0. The Hall–Kier alpha value is -3.71. The molecule has 1 amide bonds. The SMILES string of the molecule is COCc1cccc(C2CN(c3ncc4sc(CN(C)c5ncc(C(=O)NO)cn5)cc4n3)CCO2)c1. The van der Waals surface area contributed by atoms with Crippen LogP contribution in [0.4, 0.5) is 11.9 Å². The van der Waals surface area contributed by atoms with Crippen molar-refractivity contribution in [1.82, 2.24) is 25.4 Å². The van der Waals surface area contributed by atoms with E-state index in [-0.39, 0.29) is 11.7 Å². The van der Waals surface area contributed by atoms with Crippen molar-refractivity contribution in [2.45, 2.75) is 19.3 Å². The summed E-state index contributed by atoms with van der Waals surface area (Å²) in [6.07, 6.45) is 4.55. The Labute approximate surface area is 217 Å². The third-order valence-electron chi connectivity index (χ3n) is 6.03. The van der Waals surface area contributed by atoms with Crippen molar-refractivity contribution in [2.24, 2.45) is 0 Å². The van der Waals surface area contributed by atoms with Crippen molar-refractivity contribution in [3.05, 3.63) is 70.5 Å². The van der Waals surface area contributed by atoms with E-state index in [1.165, 1.54) is 12.4 Å². The van der Waals surface area contributed by atoms with E-state index in [2.05, 4.69) is 38.1 Å². The van der Waals surface area contributed by atoms with Crippen molar-refractivity contribution >= 4 is 39.4 Å². The maximum absolute atomic E-state index is 11.5. The Bertz CT molecular complexity index is 1380. The number of amides is 1. The number of benzene rings is 1. The van der Waals surface area contributed by atoms with Crippen LogP contribution in [0.25, 0.3) is 10.2 Å². The largest absolute Gasteiger partial charge is 0.380 e. The Morgan fingerprint density at radius 2 is 2.11 bits per heavy atom.